The smallest absolute Gasteiger partial charge is 0.274 e. The summed E-state index contributed by atoms with van der Waals surface area (Å²) in [5.74, 6) is -3.01. The molecule has 4 rings (SSSR count). The zero-order valence-corrected chi connectivity index (χ0v) is 18.6. The molecule has 0 bridgehead atoms. The normalized spacial score (nSPS) is 20.1. The van der Waals surface area contributed by atoms with Gasteiger partial charge in [0.15, 0.2) is 5.78 Å². The van der Waals surface area contributed by atoms with Crippen LogP contribution in [0.4, 0.5) is 0 Å². The molecule has 0 unspecified atom stereocenters. The summed E-state index contributed by atoms with van der Waals surface area (Å²) in [6.45, 7) is 3.38. The zero-order valence-electron chi connectivity index (χ0n) is 17.9. The predicted octanol–water partition coefficient (Wildman–Crippen LogP) is 4.23. The van der Waals surface area contributed by atoms with Crippen LogP contribution in [0.25, 0.3) is 0 Å². The Bertz CT molecular complexity index is 1140. The second-order valence-electron chi connectivity index (χ2n) is 8.32. The summed E-state index contributed by atoms with van der Waals surface area (Å²) in [7, 11) is 0. The summed E-state index contributed by atoms with van der Waals surface area (Å²) in [6.07, 6.45) is 2.86. The van der Waals surface area contributed by atoms with E-state index in [1.54, 1.807) is 42.5 Å². The standard InChI is InChI=1S/C25H23ClN2O4/c1-15-7-10-17(11-8-15)22(29)14-27(23(30)19-5-3-4-6-21(19)26)28-24(31)18-12-9-16(2)13-20(18)25(28)32/h3-11,18,20H,12-14H2,1-2H3/t18-,20-/m1/s1. The number of Topliss-reactive ketones (excluding diaryl/α,β-unsaturated/α-hetero) is 1. The van der Waals surface area contributed by atoms with Crippen molar-refractivity contribution in [1.82, 2.24) is 10.0 Å². The first-order chi connectivity index (χ1) is 15.3. The van der Waals surface area contributed by atoms with E-state index in [1.165, 1.54) is 6.07 Å². The highest BCUT2D eigenvalue weighted by Gasteiger charge is 2.51. The number of hydrogen-bond donors (Lipinski definition) is 0. The number of amides is 3. The number of allylic oxidation sites excluding steroid dienone is 2. The molecule has 6 nitrogen and oxygen atoms in total. The number of halogens is 1. The minimum Gasteiger partial charge on any atom is -0.292 e. The van der Waals surface area contributed by atoms with Crippen molar-refractivity contribution in [3.63, 3.8) is 0 Å². The van der Waals surface area contributed by atoms with Crippen molar-refractivity contribution in [2.45, 2.75) is 26.7 Å². The second kappa shape index (κ2) is 8.71. The van der Waals surface area contributed by atoms with Gasteiger partial charge in [0, 0.05) is 5.56 Å². The van der Waals surface area contributed by atoms with Crippen molar-refractivity contribution in [2.75, 3.05) is 6.54 Å². The highest BCUT2D eigenvalue weighted by atomic mass is 35.5. The zero-order chi connectivity index (χ0) is 23.0. The average Bonchev–Trinajstić information content (AvgIpc) is 3.01. The first-order valence-electron chi connectivity index (χ1n) is 10.5. The maximum Gasteiger partial charge on any atom is 0.274 e. The largest absolute Gasteiger partial charge is 0.292 e. The number of benzene rings is 2. The third-order valence-electron chi connectivity index (χ3n) is 6.05. The van der Waals surface area contributed by atoms with Gasteiger partial charge in [-0.3, -0.25) is 19.2 Å². The Morgan fingerprint density at radius 2 is 1.66 bits per heavy atom. The molecule has 0 N–H and O–H groups in total. The molecular weight excluding hydrogens is 428 g/mol. The molecule has 2 aromatic carbocycles. The van der Waals surface area contributed by atoms with Gasteiger partial charge >= 0.3 is 0 Å². The molecule has 1 aliphatic heterocycles. The van der Waals surface area contributed by atoms with Crippen LogP contribution >= 0.6 is 11.6 Å². The minimum absolute atomic E-state index is 0.121. The topological polar surface area (TPSA) is 74.8 Å². The number of nitrogens with zero attached hydrogens (tertiary/aromatic N) is 2. The molecule has 2 atom stereocenters. The molecule has 2 aliphatic rings. The van der Waals surface area contributed by atoms with E-state index >= 15 is 0 Å². The maximum atomic E-state index is 13.5. The Balaban J connectivity index is 1.71. The van der Waals surface area contributed by atoms with Crippen LogP contribution in [-0.4, -0.2) is 40.1 Å². The molecular formula is C25H23ClN2O4. The fraction of sp³-hybridized carbons (Fsp3) is 0.280. The lowest BCUT2D eigenvalue weighted by Gasteiger charge is -2.30. The van der Waals surface area contributed by atoms with Crippen LogP contribution in [-0.2, 0) is 9.59 Å². The van der Waals surface area contributed by atoms with Crippen molar-refractivity contribution >= 4 is 35.1 Å². The molecule has 3 amide bonds. The second-order valence-corrected chi connectivity index (χ2v) is 8.73. The Labute approximate surface area is 191 Å². The van der Waals surface area contributed by atoms with Gasteiger partial charge in [-0.2, -0.15) is 5.01 Å². The fourth-order valence-electron chi connectivity index (χ4n) is 4.23. The molecule has 0 aromatic heterocycles. The number of carbonyl (C=O) groups is 4. The molecule has 32 heavy (non-hydrogen) atoms. The number of fused-ring (bicyclic) bond motifs is 1. The molecule has 0 saturated carbocycles. The van der Waals surface area contributed by atoms with E-state index in [9.17, 15) is 19.2 Å². The Morgan fingerprint density at radius 1 is 1.00 bits per heavy atom. The summed E-state index contributed by atoms with van der Waals surface area (Å²) in [6, 6.07) is 13.3. The lowest BCUT2D eigenvalue weighted by atomic mass is 9.82. The van der Waals surface area contributed by atoms with Gasteiger partial charge in [-0.15, -0.1) is 0 Å². The van der Waals surface area contributed by atoms with Crippen molar-refractivity contribution in [3.8, 4) is 0 Å². The molecule has 0 radical (unpaired) electrons. The molecule has 1 heterocycles. The monoisotopic (exact) mass is 450 g/mol. The predicted molar refractivity (Wildman–Crippen MR) is 120 cm³/mol. The third kappa shape index (κ3) is 3.98. The highest BCUT2D eigenvalue weighted by molar-refractivity contribution is 6.34. The van der Waals surface area contributed by atoms with E-state index < -0.39 is 36.1 Å². The van der Waals surface area contributed by atoms with E-state index in [2.05, 4.69) is 0 Å². The van der Waals surface area contributed by atoms with Crippen LogP contribution in [0.1, 0.15) is 46.0 Å². The molecule has 2 aromatic rings. The van der Waals surface area contributed by atoms with Crippen molar-refractivity contribution in [3.05, 3.63) is 81.9 Å². The van der Waals surface area contributed by atoms with Crippen molar-refractivity contribution < 1.29 is 19.2 Å². The van der Waals surface area contributed by atoms with E-state index in [-0.39, 0.29) is 16.4 Å². The average molecular weight is 451 g/mol. The number of ketones is 1. The van der Waals surface area contributed by atoms with Crippen LogP contribution in [0.15, 0.2) is 60.2 Å². The summed E-state index contributed by atoms with van der Waals surface area (Å²) >= 11 is 6.23. The Hall–Kier alpha value is -3.25. The van der Waals surface area contributed by atoms with E-state index in [4.69, 9.17) is 11.6 Å². The number of hydrogen-bond acceptors (Lipinski definition) is 4. The van der Waals surface area contributed by atoms with E-state index in [0.29, 0.717) is 18.4 Å². The van der Waals surface area contributed by atoms with Crippen LogP contribution in [0.5, 0.6) is 0 Å². The molecule has 0 spiro atoms. The molecule has 1 aliphatic carbocycles. The SMILES string of the molecule is CC1=CC[C@H]2C(=O)N(N(CC(=O)c3ccc(C)cc3)C(=O)c3ccccc3Cl)C(=O)[C@@H]2C1. The van der Waals surface area contributed by atoms with Crippen LogP contribution < -0.4 is 0 Å². The third-order valence-corrected chi connectivity index (χ3v) is 6.38. The number of carbonyl (C=O) groups excluding carboxylic acids is 4. The van der Waals surface area contributed by atoms with Crippen LogP contribution in [0.2, 0.25) is 5.02 Å². The Morgan fingerprint density at radius 3 is 2.34 bits per heavy atom. The Kier molecular flexibility index (Phi) is 5.98. The quantitative estimate of drug-likeness (QED) is 0.388. The first kappa shape index (κ1) is 22.0. The van der Waals surface area contributed by atoms with Gasteiger partial charge in [0.2, 0.25) is 0 Å². The van der Waals surface area contributed by atoms with Gasteiger partial charge in [-0.25, -0.2) is 5.01 Å². The van der Waals surface area contributed by atoms with Gasteiger partial charge < -0.3 is 0 Å². The highest BCUT2D eigenvalue weighted by Crippen LogP contribution is 2.38. The first-order valence-corrected chi connectivity index (χ1v) is 10.9. The lowest BCUT2D eigenvalue weighted by molar-refractivity contribution is -0.154. The van der Waals surface area contributed by atoms with Gasteiger partial charge in [0.05, 0.1) is 22.4 Å². The van der Waals surface area contributed by atoms with Crippen molar-refractivity contribution in [2.24, 2.45) is 11.8 Å². The fourth-order valence-corrected chi connectivity index (χ4v) is 4.45. The van der Waals surface area contributed by atoms with Gasteiger partial charge in [-0.05, 0) is 38.8 Å². The molecule has 7 heteroatoms. The summed E-state index contributed by atoms with van der Waals surface area (Å²) < 4.78 is 0. The summed E-state index contributed by atoms with van der Waals surface area (Å²) in [5.41, 5.74) is 2.54. The number of rotatable bonds is 5. The maximum absolute atomic E-state index is 13.5. The van der Waals surface area contributed by atoms with Crippen LogP contribution in [0, 0.1) is 18.8 Å². The van der Waals surface area contributed by atoms with Gasteiger partial charge in [0.1, 0.15) is 6.54 Å². The molecule has 1 saturated heterocycles. The molecule has 164 valence electrons. The summed E-state index contributed by atoms with van der Waals surface area (Å²) in [4.78, 5) is 53.0. The summed E-state index contributed by atoms with van der Waals surface area (Å²) in [5, 5.41) is 2.01. The minimum atomic E-state index is -0.666. The van der Waals surface area contributed by atoms with E-state index in [1.807, 2.05) is 19.9 Å². The number of imide groups is 1. The number of hydrazine groups is 1. The lowest BCUT2D eigenvalue weighted by Crippen LogP contribution is -2.52. The van der Waals surface area contributed by atoms with Crippen molar-refractivity contribution in [1.29, 1.82) is 0 Å². The van der Waals surface area contributed by atoms with Gasteiger partial charge in [-0.1, -0.05) is 65.2 Å². The van der Waals surface area contributed by atoms with Gasteiger partial charge in [0.25, 0.3) is 17.7 Å². The van der Waals surface area contributed by atoms with Crippen LogP contribution in [0.3, 0.4) is 0 Å². The number of aryl methyl sites for hydroxylation is 1. The van der Waals surface area contributed by atoms with E-state index in [0.717, 1.165) is 21.2 Å². The molecule has 1 fully saturated rings.